The number of hydrogen-bond acceptors (Lipinski definition) is 6. The largest absolute Gasteiger partial charge is 0.259 e. The van der Waals surface area contributed by atoms with E-state index in [9.17, 15) is 0 Å². The standard InChI is InChI=1S/C8H7ClN6S/c9-6-3-10-4-7(11-6)16-8-12-13-14-15(8)5-1-2-5/h3-5H,1-2H2. The van der Waals surface area contributed by atoms with Crippen molar-refractivity contribution in [3.63, 3.8) is 0 Å². The molecular weight excluding hydrogens is 248 g/mol. The van der Waals surface area contributed by atoms with E-state index in [1.807, 2.05) is 4.68 Å². The predicted molar refractivity (Wildman–Crippen MR) is 57.3 cm³/mol. The van der Waals surface area contributed by atoms with Crippen molar-refractivity contribution in [1.29, 1.82) is 0 Å². The van der Waals surface area contributed by atoms with Crippen LogP contribution in [0.2, 0.25) is 5.15 Å². The van der Waals surface area contributed by atoms with E-state index >= 15 is 0 Å². The van der Waals surface area contributed by atoms with Crippen molar-refractivity contribution >= 4 is 23.4 Å². The summed E-state index contributed by atoms with van der Waals surface area (Å²) in [5.41, 5.74) is 0. The molecular formula is C8H7ClN6S. The Hall–Kier alpha value is -1.21. The summed E-state index contributed by atoms with van der Waals surface area (Å²) in [4.78, 5) is 8.09. The molecule has 0 unspecified atom stereocenters. The lowest BCUT2D eigenvalue weighted by molar-refractivity contribution is 0.565. The van der Waals surface area contributed by atoms with Gasteiger partial charge in [0.15, 0.2) is 0 Å². The van der Waals surface area contributed by atoms with Crippen LogP contribution in [0.25, 0.3) is 0 Å². The highest BCUT2D eigenvalue weighted by molar-refractivity contribution is 7.99. The molecule has 0 N–H and O–H groups in total. The summed E-state index contributed by atoms with van der Waals surface area (Å²) in [5.74, 6) is 0. The van der Waals surface area contributed by atoms with Crippen molar-refractivity contribution in [3.05, 3.63) is 17.5 Å². The molecule has 0 amide bonds. The first-order valence-electron chi connectivity index (χ1n) is 4.76. The van der Waals surface area contributed by atoms with Crippen molar-refractivity contribution in [3.8, 4) is 0 Å². The maximum absolute atomic E-state index is 5.75. The van der Waals surface area contributed by atoms with Crippen LogP contribution in [0, 0.1) is 0 Å². The van der Waals surface area contributed by atoms with Crippen LogP contribution in [0.4, 0.5) is 0 Å². The molecule has 6 nitrogen and oxygen atoms in total. The van der Waals surface area contributed by atoms with Crippen LogP contribution in [0.1, 0.15) is 18.9 Å². The lowest BCUT2D eigenvalue weighted by Crippen LogP contribution is -1.98. The Morgan fingerprint density at radius 2 is 2.25 bits per heavy atom. The Morgan fingerprint density at radius 3 is 3.00 bits per heavy atom. The van der Waals surface area contributed by atoms with E-state index in [4.69, 9.17) is 11.6 Å². The van der Waals surface area contributed by atoms with E-state index in [1.54, 1.807) is 6.20 Å². The maximum Gasteiger partial charge on any atom is 0.215 e. The highest BCUT2D eigenvalue weighted by Gasteiger charge is 2.28. The van der Waals surface area contributed by atoms with Gasteiger partial charge in [-0.2, -0.15) is 0 Å². The lowest BCUT2D eigenvalue weighted by atomic mass is 10.7. The molecule has 2 heterocycles. The Balaban J connectivity index is 1.85. The molecule has 16 heavy (non-hydrogen) atoms. The van der Waals surface area contributed by atoms with Gasteiger partial charge in [0.2, 0.25) is 5.16 Å². The second kappa shape index (κ2) is 3.99. The number of hydrogen-bond donors (Lipinski definition) is 0. The Kier molecular flexibility index (Phi) is 2.49. The third kappa shape index (κ3) is 2.00. The van der Waals surface area contributed by atoms with Gasteiger partial charge >= 0.3 is 0 Å². The van der Waals surface area contributed by atoms with Crippen LogP contribution < -0.4 is 0 Å². The van der Waals surface area contributed by atoms with Gasteiger partial charge in [-0.15, -0.1) is 5.10 Å². The van der Waals surface area contributed by atoms with E-state index in [1.165, 1.54) is 18.0 Å². The molecule has 2 aromatic rings. The fourth-order valence-electron chi connectivity index (χ4n) is 1.27. The average molecular weight is 255 g/mol. The fourth-order valence-corrected chi connectivity index (χ4v) is 2.27. The Bertz CT molecular complexity index is 511. The summed E-state index contributed by atoms with van der Waals surface area (Å²) in [6, 6.07) is 0.449. The summed E-state index contributed by atoms with van der Waals surface area (Å²) in [6.07, 6.45) is 5.41. The molecule has 1 aliphatic carbocycles. The van der Waals surface area contributed by atoms with Gasteiger partial charge in [0.1, 0.15) is 10.2 Å². The minimum Gasteiger partial charge on any atom is -0.259 e. The summed E-state index contributed by atoms with van der Waals surface area (Å²) < 4.78 is 1.83. The van der Waals surface area contributed by atoms with E-state index in [-0.39, 0.29) is 0 Å². The molecule has 1 aliphatic rings. The van der Waals surface area contributed by atoms with Crippen molar-refractivity contribution in [2.75, 3.05) is 0 Å². The molecule has 1 saturated carbocycles. The van der Waals surface area contributed by atoms with Gasteiger partial charge in [-0.3, -0.25) is 4.98 Å². The summed E-state index contributed by atoms with van der Waals surface area (Å²) in [7, 11) is 0. The van der Waals surface area contributed by atoms with Gasteiger partial charge in [0, 0.05) is 0 Å². The fraction of sp³-hybridized carbons (Fsp3) is 0.375. The van der Waals surface area contributed by atoms with Gasteiger partial charge < -0.3 is 0 Å². The van der Waals surface area contributed by atoms with Crippen molar-refractivity contribution < 1.29 is 0 Å². The smallest absolute Gasteiger partial charge is 0.215 e. The van der Waals surface area contributed by atoms with E-state index in [2.05, 4.69) is 25.5 Å². The highest BCUT2D eigenvalue weighted by atomic mass is 35.5. The Morgan fingerprint density at radius 1 is 1.38 bits per heavy atom. The first-order chi connectivity index (χ1) is 7.83. The van der Waals surface area contributed by atoms with Crippen LogP contribution in [-0.4, -0.2) is 30.2 Å². The second-order valence-electron chi connectivity index (χ2n) is 3.42. The minimum absolute atomic E-state index is 0.371. The monoisotopic (exact) mass is 254 g/mol. The lowest BCUT2D eigenvalue weighted by Gasteiger charge is -2.00. The zero-order valence-corrected chi connectivity index (χ0v) is 9.69. The number of tetrazole rings is 1. The molecule has 3 rings (SSSR count). The van der Waals surface area contributed by atoms with Crippen molar-refractivity contribution in [2.24, 2.45) is 0 Å². The Labute approximate surface area is 100 Å². The summed E-state index contributed by atoms with van der Waals surface area (Å²) in [6.45, 7) is 0. The molecule has 0 bridgehead atoms. The number of halogens is 1. The zero-order chi connectivity index (χ0) is 11.0. The van der Waals surface area contributed by atoms with Gasteiger partial charge in [0.05, 0.1) is 18.4 Å². The molecule has 0 aliphatic heterocycles. The third-order valence-corrected chi connectivity index (χ3v) is 3.17. The van der Waals surface area contributed by atoms with Gasteiger partial charge in [-0.1, -0.05) is 11.6 Å². The number of nitrogens with zero attached hydrogens (tertiary/aromatic N) is 6. The predicted octanol–water partition coefficient (Wildman–Crippen LogP) is 1.60. The molecule has 1 fully saturated rings. The molecule has 0 aromatic carbocycles. The van der Waals surface area contributed by atoms with Crippen molar-refractivity contribution in [1.82, 2.24) is 30.2 Å². The topological polar surface area (TPSA) is 69.4 Å². The summed E-state index contributed by atoms with van der Waals surface area (Å²) >= 11 is 7.13. The van der Waals surface area contributed by atoms with Crippen LogP contribution in [0.5, 0.6) is 0 Å². The van der Waals surface area contributed by atoms with Gasteiger partial charge in [-0.05, 0) is 35.0 Å². The highest BCUT2D eigenvalue weighted by Crippen LogP contribution is 2.37. The third-order valence-electron chi connectivity index (χ3n) is 2.13. The van der Waals surface area contributed by atoms with Gasteiger partial charge in [0.25, 0.3) is 0 Å². The van der Waals surface area contributed by atoms with E-state index in [0.717, 1.165) is 18.0 Å². The first kappa shape index (κ1) is 9.98. The molecule has 0 saturated heterocycles. The SMILES string of the molecule is Clc1cncc(Sc2nnnn2C2CC2)n1. The van der Waals surface area contributed by atoms with Crippen LogP contribution in [-0.2, 0) is 0 Å². The van der Waals surface area contributed by atoms with Gasteiger partial charge in [-0.25, -0.2) is 9.67 Å². The van der Waals surface area contributed by atoms with Crippen LogP contribution in [0.3, 0.4) is 0 Å². The molecule has 0 spiro atoms. The molecule has 2 aromatic heterocycles. The molecule has 82 valence electrons. The average Bonchev–Trinajstić information content (AvgIpc) is 3.00. The quantitative estimate of drug-likeness (QED) is 0.829. The second-order valence-corrected chi connectivity index (χ2v) is 4.79. The molecule has 0 radical (unpaired) electrons. The number of rotatable bonds is 3. The van der Waals surface area contributed by atoms with Crippen molar-refractivity contribution in [2.45, 2.75) is 29.1 Å². The maximum atomic E-state index is 5.75. The minimum atomic E-state index is 0.371. The van der Waals surface area contributed by atoms with E-state index < -0.39 is 0 Å². The zero-order valence-electron chi connectivity index (χ0n) is 8.12. The van der Waals surface area contributed by atoms with E-state index in [0.29, 0.717) is 16.2 Å². The molecule has 0 atom stereocenters. The normalized spacial score (nSPS) is 15.3. The molecule has 8 heteroatoms. The first-order valence-corrected chi connectivity index (χ1v) is 5.95. The number of aromatic nitrogens is 6. The van der Waals surface area contributed by atoms with Crippen LogP contribution >= 0.6 is 23.4 Å². The summed E-state index contributed by atoms with van der Waals surface area (Å²) in [5, 5.41) is 13.4. The van der Waals surface area contributed by atoms with Crippen LogP contribution in [0.15, 0.2) is 22.6 Å².